The molecule has 0 radical (unpaired) electrons. The van der Waals surface area contributed by atoms with Crippen LogP contribution in [0.2, 0.25) is 5.02 Å². The highest BCUT2D eigenvalue weighted by Crippen LogP contribution is 2.35. The Morgan fingerprint density at radius 2 is 1.64 bits per heavy atom. The van der Waals surface area contributed by atoms with Gasteiger partial charge in [-0.25, -0.2) is 8.42 Å². The number of rotatable bonds is 2. The fraction of sp³-hybridized carbons (Fsp3) is 0.0667. The molecule has 2 aromatic carbocycles. The number of aryl methyl sites for hydroxylation is 1. The second kappa shape index (κ2) is 4.93. The van der Waals surface area contributed by atoms with Crippen molar-refractivity contribution < 1.29 is 18.0 Å². The quantitative estimate of drug-likeness (QED) is 0.791. The lowest BCUT2D eigenvalue weighted by atomic mass is 10.1. The van der Waals surface area contributed by atoms with Gasteiger partial charge in [0.05, 0.1) is 16.1 Å². The van der Waals surface area contributed by atoms with E-state index in [2.05, 4.69) is 0 Å². The zero-order valence-electron chi connectivity index (χ0n) is 11.4. The van der Waals surface area contributed by atoms with Crippen LogP contribution < -0.4 is 4.31 Å². The zero-order chi connectivity index (χ0) is 16.1. The van der Waals surface area contributed by atoms with Gasteiger partial charge in [0, 0.05) is 5.02 Å². The summed E-state index contributed by atoms with van der Waals surface area (Å²) in [5, 5.41) is 0.259. The van der Waals surface area contributed by atoms with E-state index in [9.17, 15) is 18.0 Å². The summed E-state index contributed by atoms with van der Waals surface area (Å²) in [6.07, 6.45) is 0. The summed E-state index contributed by atoms with van der Waals surface area (Å²) in [7, 11) is -4.14. The molecule has 1 aliphatic rings. The predicted octanol–water partition coefficient (Wildman–Crippen LogP) is 2.57. The highest BCUT2D eigenvalue weighted by molar-refractivity contribution is 7.93. The van der Waals surface area contributed by atoms with Gasteiger partial charge in [0.1, 0.15) is 0 Å². The number of Topliss-reactive ketones (excluding diaryl/α,β-unsaturated/α-hetero) is 1. The third-order valence-electron chi connectivity index (χ3n) is 3.36. The molecule has 1 aliphatic heterocycles. The molecule has 0 fully saturated rings. The van der Waals surface area contributed by atoms with Crippen molar-refractivity contribution in [3.8, 4) is 0 Å². The number of nitrogens with zero attached hydrogens (tertiary/aromatic N) is 1. The van der Waals surface area contributed by atoms with Gasteiger partial charge in [0.2, 0.25) is 0 Å². The van der Waals surface area contributed by atoms with Gasteiger partial charge in [-0.1, -0.05) is 29.3 Å². The molecule has 5 nitrogen and oxygen atoms in total. The first kappa shape index (κ1) is 14.7. The Morgan fingerprint density at radius 3 is 2.27 bits per heavy atom. The van der Waals surface area contributed by atoms with E-state index < -0.39 is 21.7 Å². The Labute approximate surface area is 132 Å². The number of benzene rings is 2. The average molecular weight is 336 g/mol. The number of ketones is 1. The lowest BCUT2D eigenvalue weighted by Gasteiger charge is -2.17. The third kappa shape index (κ3) is 2.12. The van der Waals surface area contributed by atoms with Gasteiger partial charge in [-0.2, -0.15) is 4.31 Å². The molecule has 0 bridgehead atoms. The predicted molar refractivity (Wildman–Crippen MR) is 81.6 cm³/mol. The number of carbonyl (C=O) groups excluding carboxylic acids is 2. The Morgan fingerprint density at radius 1 is 1.00 bits per heavy atom. The van der Waals surface area contributed by atoms with Crippen molar-refractivity contribution in [2.45, 2.75) is 11.8 Å². The maximum atomic E-state index is 12.7. The van der Waals surface area contributed by atoms with Gasteiger partial charge in [0.25, 0.3) is 15.8 Å². The van der Waals surface area contributed by atoms with Crippen molar-refractivity contribution in [1.29, 1.82) is 0 Å². The van der Waals surface area contributed by atoms with Crippen LogP contribution in [0.15, 0.2) is 47.4 Å². The van der Waals surface area contributed by atoms with Crippen LogP contribution in [0.5, 0.6) is 0 Å². The second-order valence-electron chi connectivity index (χ2n) is 4.88. The minimum absolute atomic E-state index is 0.00631. The van der Waals surface area contributed by atoms with Crippen LogP contribution >= 0.6 is 11.6 Å². The Balaban J connectivity index is 2.18. The highest BCUT2D eigenvalue weighted by Gasteiger charge is 2.43. The molecular weight excluding hydrogens is 326 g/mol. The third-order valence-corrected chi connectivity index (χ3v) is 5.31. The molecule has 112 valence electrons. The molecule has 0 saturated carbocycles. The van der Waals surface area contributed by atoms with E-state index in [1.165, 1.54) is 30.3 Å². The maximum absolute atomic E-state index is 12.7. The molecule has 0 atom stereocenters. The second-order valence-corrected chi connectivity index (χ2v) is 7.10. The fourth-order valence-electron chi connectivity index (χ4n) is 2.24. The van der Waals surface area contributed by atoms with Crippen molar-refractivity contribution in [2.75, 3.05) is 4.31 Å². The number of sulfonamides is 1. The van der Waals surface area contributed by atoms with Gasteiger partial charge < -0.3 is 0 Å². The largest absolute Gasteiger partial charge is 0.313 e. The molecule has 0 spiro atoms. The molecule has 0 aliphatic carbocycles. The van der Waals surface area contributed by atoms with E-state index in [4.69, 9.17) is 11.6 Å². The van der Waals surface area contributed by atoms with Crippen LogP contribution in [0.3, 0.4) is 0 Å². The van der Waals surface area contributed by atoms with E-state index in [-0.39, 0.29) is 21.2 Å². The van der Waals surface area contributed by atoms with Crippen molar-refractivity contribution in [1.82, 2.24) is 0 Å². The fourth-order valence-corrected chi connectivity index (χ4v) is 3.82. The average Bonchev–Trinajstić information content (AvgIpc) is 2.72. The van der Waals surface area contributed by atoms with E-state index in [0.29, 0.717) is 4.31 Å². The molecule has 0 N–H and O–H groups in total. The summed E-state index contributed by atoms with van der Waals surface area (Å²) in [4.78, 5) is 24.0. The molecule has 2 aromatic rings. The van der Waals surface area contributed by atoms with Crippen molar-refractivity contribution in [3.63, 3.8) is 0 Å². The number of anilines is 1. The summed E-state index contributed by atoms with van der Waals surface area (Å²) in [5.74, 6) is -1.98. The number of fused-ring (bicyclic) bond motifs is 1. The van der Waals surface area contributed by atoms with Gasteiger partial charge in [-0.3, -0.25) is 9.59 Å². The first-order valence-corrected chi connectivity index (χ1v) is 8.14. The number of hydrogen-bond donors (Lipinski definition) is 0. The van der Waals surface area contributed by atoms with Gasteiger partial charge in [-0.05, 0) is 37.3 Å². The number of carbonyl (C=O) groups is 2. The molecular formula is C15H10ClNO4S. The van der Waals surface area contributed by atoms with Crippen LogP contribution in [-0.2, 0) is 14.8 Å². The number of halogens is 1. The van der Waals surface area contributed by atoms with Gasteiger partial charge in [-0.15, -0.1) is 0 Å². The van der Waals surface area contributed by atoms with Gasteiger partial charge in [0.15, 0.2) is 0 Å². The summed E-state index contributed by atoms with van der Waals surface area (Å²) >= 11 is 5.80. The summed E-state index contributed by atoms with van der Waals surface area (Å²) in [6.45, 7) is 1.82. The first-order valence-electron chi connectivity index (χ1n) is 6.32. The van der Waals surface area contributed by atoms with Crippen LogP contribution in [0.25, 0.3) is 0 Å². The molecule has 0 aromatic heterocycles. The monoisotopic (exact) mass is 335 g/mol. The van der Waals surface area contributed by atoms with Crippen LogP contribution in [-0.4, -0.2) is 20.1 Å². The van der Waals surface area contributed by atoms with Crippen LogP contribution in [0.1, 0.15) is 15.9 Å². The Hall–Kier alpha value is -2.18. The van der Waals surface area contributed by atoms with Crippen molar-refractivity contribution in [3.05, 3.63) is 58.6 Å². The lowest BCUT2D eigenvalue weighted by Crippen LogP contribution is -2.35. The topological polar surface area (TPSA) is 71.5 Å². The Bertz CT molecular complexity index is 904. The minimum Gasteiger partial charge on any atom is -0.283 e. The molecule has 1 amide bonds. The SMILES string of the molecule is Cc1ccc(S(=O)(=O)N2C(=O)C(=O)c3cc(Cl)ccc32)cc1. The summed E-state index contributed by atoms with van der Waals surface area (Å²) in [5.41, 5.74) is 0.906. The zero-order valence-corrected chi connectivity index (χ0v) is 13.0. The smallest absolute Gasteiger partial charge is 0.283 e. The first-order chi connectivity index (χ1) is 10.3. The van der Waals surface area contributed by atoms with E-state index >= 15 is 0 Å². The lowest BCUT2D eigenvalue weighted by molar-refractivity contribution is -0.113. The summed E-state index contributed by atoms with van der Waals surface area (Å²) < 4.78 is 25.9. The maximum Gasteiger partial charge on any atom is 0.313 e. The van der Waals surface area contributed by atoms with Crippen LogP contribution in [0, 0.1) is 6.92 Å². The van der Waals surface area contributed by atoms with E-state index in [1.54, 1.807) is 12.1 Å². The summed E-state index contributed by atoms with van der Waals surface area (Å²) in [6, 6.07) is 10.1. The van der Waals surface area contributed by atoms with Gasteiger partial charge >= 0.3 is 5.91 Å². The van der Waals surface area contributed by atoms with E-state index in [0.717, 1.165) is 5.56 Å². The molecule has 22 heavy (non-hydrogen) atoms. The van der Waals surface area contributed by atoms with Crippen molar-refractivity contribution in [2.24, 2.45) is 0 Å². The highest BCUT2D eigenvalue weighted by atomic mass is 35.5. The number of amides is 1. The molecule has 0 saturated heterocycles. The molecule has 0 unspecified atom stereocenters. The normalized spacial score (nSPS) is 14.4. The minimum atomic E-state index is -4.14. The number of hydrogen-bond acceptors (Lipinski definition) is 4. The van der Waals surface area contributed by atoms with Crippen molar-refractivity contribution >= 4 is 39.0 Å². The standard InChI is InChI=1S/C15H10ClNO4S/c1-9-2-5-11(6-3-9)22(20,21)17-13-7-4-10(16)8-12(13)14(18)15(17)19/h2-8H,1H3. The molecule has 3 rings (SSSR count). The molecule has 1 heterocycles. The van der Waals surface area contributed by atoms with E-state index in [1.807, 2.05) is 6.92 Å². The Kier molecular flexibility index (Phi) is 3.30. The van der Waals surface area contributed by atoms with Crippen LogP contribution in [0.4, 0.5) is 5.69 Å². The molecule has 7 heteroatoms.